The van der Waals surface area contributed by atoms with Crippen LogP contribution in [0, 0.1) is 12.7 Å². The average Bonchev–Trinajstić information content (AvgIpc) is 3.10. The highest BCUT2D eigenvalue weighted by molar-refractivity contribution is 8.00. The summed E-state index contributed by atoms with van der Waals surface area (Å²) in [7, 11) is 3.94. The van der Waals surface area contributed by atoms with Crippen molar-refractivity contribution < 1.29 is 9.18 Å². The van der Waals surface area contributed by atoms with Crippen molar-refractivity contribution in [2.75, 3.05) is 37.8 Å². The molecule has 2 aromatic carbocycles. The Labute approximate surface area is 177 Å². The number of fused-ring (bicyclic) bond motifs is 1. The molecule has 0 saturated heterocycles. The fourth-order valence-corrected chi connectivity index (χ4v) is 4.72. The third kappa shape index (κ3) is 5.03. The minimum absolute atomic E-state index is 0.0380. The first-order valence-corrected chi connectivity index (χ1v) is 10.9. The number of hydrogen-bond donors (Lipinski definition) is 0. The van der Waals surface area contributed by atoms with E-state index in [2.05, 4.69) is 0 Å². The van der Waals surface area contributed by atoms with Crippen LogP contribution in [0.1, 0.15) is 5.56 Å². The highest BCUT2D eigenvalue weighted by Crippen LogP contribution is 2.36. The normalized spacial score (nSPS) is 11.4. The molecule has 0 radical (unpaired) electrons. The molecule has 3 aromatic rings. The van der Waals surface area contributed by atoms with Gasteiger partial charge in [-0.15, -0.1) is 11.8 Å². The number of halogens is 2. The van der Waals surface area contributed by atoms with Gasteiger partial charge in [0.15, 0.2) is 5.13 Å². The summed E-state index contributed by atoms with van der Waals surface area (Å²) in [6, 6.07) is 9.95. The summed E-state index contributed by atoms with van der Waals surface area (Å²) in [4.78, 5) is 22.3. The van der Waals surface area contributed by atoms with E-state index in [9.17, 15) is 9.18 Å². The number of aromatic nitrogens is 1. The minimum Gasteiger partial charge on any atom is -0.308 e. The van der Waals surface area contributed by atoms with Gasteiger partial charge in [0.25, 0.3) is 0 Å². The molecule has 4 nitrogen and oxygen atoms in total. The molecule has 0 aliphatic heterocycles. The molecule has 0 unspecified atom stereocenters. The number of aryl methyl sites for hydroxylation is 1. The van der Waals surface area contributed by atoms with Gasteiger partial charge in [-0.05, 0) is 56.9 Å². The number of thioether (sulfide) groups is 1. The van der Waals surface area contributed by atoms with E-state index in [1.165, 1.54) is 35.2 Å². The fourth-order valence-electron chi connectivity index (χ4n) is 2.59. The van der Waals surface area contributed by atoms with E-state index in [1.54, 1.807) is 17.0 Å². The van der Waals surface area contributed by atoms with Crippen molar-refractivity contribution in [2.45, 2.75) is 11.8 Å². The third-order valence-corrected chi connectivity index (χ3v) is 6.70. The van der Waals surface area contributed by atoms with Crippen molar-refractivity contribution in [2.24, 2.45) is 0 Å². The highest BCUT2D eigenvalue weighted by atomic mass is 35.5. The monoisotopic (exact) mass is 437 g/mol. The number of nitrogens with zero attached hydrogens (tertiary/aromatic N) is 3. The maximum atomic E-state index is 13.1. The number of rotatable bonds is 7. The third-order valence-electron chi connectivity index (χ3n) is 4.16. The van der Waals surface area contributed by atoms with Crippen molar-refractivity contribution in [1.29, 1.82) is 0 Å². The smallest absolute Gasteiger partial charge is 0.239 e. The Hall–Kier alpha value is -1.67. The molecule has 0 spiro atoms. The van der Waals surface area contributed by atoms with Crippen LogP contribution >= 0.6 is 34.7 Å². The summed E-state index contributed by atoms with van der Waals surface area (Å²) in [5.41, 5.74) is 1.86. The number of benzene rings is 2. The second-order valence-corrected chi connectivity index (χ2v) is 9.06. The zero-order valence-corrected chi connectivity index (χ0v) is 18.3. The first-order chi connectivity index (χ1) is 13.3. The maximum absolute atomic E-state index is 13.1. The molecule has 28 heavy (non-hydrogen) atoms. The van der Waals surface area contributed by atoms with E-state index >= 15 is 0 Å². The van der Waals surface area contributed by atoms with E-state index in [-0.39, 0.29) is 17.5 Å². The van der Waals surface area contributed by atoms with Crippen molar-refractivity contribution in [3.63, 3.8) is 0 Å². The predicted octanol–water partition coefficient (Wildman–Crippen LogP) is 5.08. The van der Waals surface area contributed by atoms with E-state index in [0.29, 0.717) is 16.7 Å². The number of carbonyl (C=O) groups excluding carboxylic acids is 1. The van der Waals surface area contributed by atoms with E-state index in [4.69, 9.17) is 16.6 Å². The standard InChI is InChI=1S/C20H21ClFN3OS2/c1-13-4-9-16(21)19-18(13)23-20(28-19)25(11-10-24(2)3)17(26)12-27-15-7-5-14(22)6-8-15/h4-9H,10-12H2,1-3H3. The first-order valence-electron chi connectivity index (χ1n) is 8.74. The number of hydrogen-bond acceptors (Lipinski definition) is 5. The summed E-state index contributed by atoms with van der Waals surface area (Å²) in [5, 5.41) is 1.29. The summed E-state index contributed by atoms with van der Waals surface area (Å²) >= 11 is 9.15. The molecule has 8 heteroatoms. The van der Waals surface area contributed by atoms with Crippen molar-refractivity contribution >= 4 is 56.0 Å². The van der Waals surface area contributed by atoms with Crippen molar-refractivity contribution in [1.82, 2.24) is 9.88 Å². The first kappa shape index (κ1) is 21.0. The van der Waals surface area contributed by atoms with Crippen LogP contribution in [0.4, 0.5) is 9.52 Å². The Morgan fingerprint density at radius 2 is 1.89 bits per heavy atom. The van der Waals surface area contributed by atoms with Crippen LogP contribution in [-0.4, -0.2) is 48.7 Å². The Kier molecular flexibility index (Phi) is 6.93. The molecule has 148 valence electrons. The Morgan fingerprint density at radius 1 is 1.18 bits per heavy atom. The van der Waals surface area contributed by atoms with E-state index in [0.717, 1.165) is 27.2 Å². The second-order valence-electron chi connectivity index (χ2n) is 6.63. The van der Waals surface area contributed by atoms with Crippen LogP contribution < -0.4 is 4.90 Å². The van der Waals surface area contributed by atoms with Crippen LogP contribution in [-0.2, 0) is 4.79 Å². The zero-order chi connectivity index (χ0) is 20.3. The zero-order valence-electron chi connectivity index (χ0n) is 15.9. The molecule has 0 saturated carbocycles. The Morgan fingerprint density at radius 3 is 2.54 bits per heavy atom. The summed E-state index contributed by atoms with van der Waals surface area (Å²) in [5.74, 6) is -0.0733. The van der Waals surface area contributed by atoms with Gasteiger partial charge in [-0.1, -0.05) is 29.0 Å². The Bertz CT molecular complexity index is 936. The quantitative estimate of drug-likeness (QED) is 0.483. The van der Waals surface area contributed by atoms with Crippen molar-refractivity contribution in [3.05, 3.63) is 52.8 Å². The van der Waals surface area contributed by atoms with Gasteiger partial charge >= 0.3 is 0 Å². The van der Waals surface area contributed by atoms with Crippen LogP contribution in [0.5, 0.6) is 0 Å². The van der Waals surface area contributed by atoms with Gasteiger partial charge in [0.2, 0.25) is 5.91 Å². The van der Waals surface area contributed by atoms with Gasteiger partial charge in [-0.25, -0.2) is 9.37 Å². The number of thiazole rings is 1. The van der Waals surface area contributed by atoms with Gasteiger partial charge in [0.05, 0.1) is 21.0 Å². The predicted molar refractivity (Wildman–Crippen MR) is 117 cm³/mol. The van der Waals surface area contributed by atoms with Gasteiger partial charge in [0, 0.05) is 18.0 Å². The topological polar surface area (TPSA) is 36.4 Å². The molecule has 0 N–H and O–H groups in total. The SMILES string of the molecule is Cc1ccc(Cl)c2sc(N(CCN(C)C)C(=O)CSc3ccc(F)cc3)nc12. The number of likely N-dealkylation sites (N-methyl/N-ethyl adjacent to an activating group) is 1. The molecular formula is C20H21ClFN3OS2. The van der Waals surface area contributed by atoms with E-state index in [1.807, 2.05) is 38.1 Å². The van der Waals surface area contributed by atoms with E-state index < -0.39 is 0 Å². The molecule has 0 aliphatic carbocycles. The molecule has 1 amide bonds. The molecule has 0 fully saturated rings. The van der Waals surface area contributed by atoms with Crippen LogP contribution in [0.15, 0.2) is 41.3 Å². The largest absolute Gasteiger partial charge is 0.308 e. The van der Waals surface area contributed by atoms with Gasteiger partial charge in [-0.2, -0.15) is 0 Å². The molecule has 0 aliphatic rings. The lowest BCUT2D eigenvalue weighted by Crippen LogP contribution is -2.37. The molecule has 0 atom stereocenters. The highest BCUT2D eigenvalue weighted by Gasteiger charge is 2.21. The van der Waals surface area contributed by atoms with Gasteiger partial charge in [-0.3, -0.25) is 9.69 Å². The lowest BCUT2D eigenvalue weighted by Gasteiger charge is -2.21. The average molecular weight is 438 g/mol. The van der Waals surface area contributed by atoms with Crippen LogP contribution in [0.2, 0.25) is 5.02 Å². The fraction of sp³-hybridized carbons (Fsp3) is 0.300. The second kappa shape index (κ2) is 9.22. The lowest BCUT2D eigenvalue weighted by molar-refractivity contribution is -0.116. The van der Waals surface area contributed by atoms with Crippen molar-refractivity contribution in [3.8, 4) is 0 Å². The molecule has 1 heterocycles. The summed E-state index contributed by atoms with van der Waals surface area (Å²) < 4.78 is 14.0. The molecular weight excluding hydrogens is 417 g/mol. The molecule has 1 aromatic heterocycles. The molecule has 0 bridgehead atoms. The van der Waals surface area contributed by atoms with Crippen LogP contribution in [0.3, 0.4) is 0 Å². The number of anilines is 1. The Balaban J connectivity index is 1.83. The van der Waals surface area contributed by atoms with Crippen LogP contribution in [0.25, 0.3) is 10.2 Å². The number of carbonyl (C=O) groups is 1. The minimum atomic E-state index is -0.287. The van der Waals surface area contributed by atoms with Gasteiger partial charge < -0.3 is 4.90 Å². The number of amides is 1. The lowest BCUT2D eigenvalue weighted by atomic mass is 10.2. The summed E-state index contributed by atoms with van der Waals surface area (Å²) in [6.45, 7) is 3.24. The van der Waals surface area contributed by atoms with Gasteiger partial charge in [0.1, 0.15) is 5.82 Å². The molecule has 3 rings (SSSR count). The summed E-state index contributed by atoms with van der Waals surface area (Å²) in [6.07, 6.45) is 0. The maximum Gasteiger partial charge on any atom is 0.239 e.